The largest absolute Gasteiger partial charge is 0.481 e. The molecule has 1 N–H and O–H groups in total. The van der Waals surface area contributed by atoms with Crippen LogP contribution in [0.4, 0.5) is 0 Å². The van der Waals surface area contributed by atoms with E-state index in [1.165, 1.54) is 6.07 Å². The van der Waals surface area contributed by atoms with Crippen molar-refractivity contribution in [2.75, 3.05) is 0 Å². The van der Waals surface area contributed by atoms with Crippen LogP contribution in [-0.2, 0) is 14.3 Å². The van der Waals surface area contributed by atoms with E-state index in [0.29, 0.717) is 15.6 Å². The normalized spacial score (nSPS) is 23.5. The highest BCUT2D eigenvalue weighted by Gasteiger charge is 2.41. The van der Waals surface area contributed by atoms with Crippen LogP contribution < -0.4 is 0 Å². The number of aliphatic carboxylic acids is 1. The molecule has 1 aromatic carbocycles. The Balaban J connectivity index is 2.38. The van der Waals surface area contributed by atoms with Crippen molar-refractivity contribution in [3.05, 3.63) is 33.8 Å². The summed E-state index contributed by atoms with van der Waals surface area (Å²) in [4.78, 5) is 22.2. The SMILES string of the molecule is O=C1CC(C(=O)O)C(c2ccc(Cl)cc2Cl)O1. The first-order valence-electron chi connectivity index (χ1n) is 4.86. The summed E-state index contributed by atoms with van der Waals surface area (Å²) in [5.41, 5.74) is 0.467. The minimum Gasteiger partial charge on any atom is -0.481 e. The Morgan fingerprint density at radius 1 is 1.41 bits per heavy atom. The number of hydrogen-bond acceptors (Lipinski definition) is 3. The van der Waals surface area contributed by atoms with Crippen LogP contribution in [0.15, 0.2) is 18.2 Å². The monoisotopic (exact) mass is 274 g/mol. The number of carbonyl (C=O) groups excluding carboxylic acids is 1. The van der Waals surface area contributed by atoms with E-state index in [1.54, 1.807) is 12.1 Å². The molecule has 6 heteroatoms. The van der Waals surface area contributed by atoms with Crippen LogP contribution in [0.5, 0.6) is 0 Å². The van der Waals surface area contributed by atoms with Crippen molar-refractivity contribution in [3.63, 3.8) is 0 Å². The first-order chi connectivity index (χ1) is 7.99. The predicted molar refractivity (Wildman–Crippen MR) is 61.0 cm³/mol. The first kappa shape index (κ1) is 12.2. The van der Waals surface area contributed by atoms with Crippen molar-refractivity contribution < 1.29 is 19.4 Å². The number of carboxylic acid groups (broad SMARTS) is 1. The Labute approximate surface area is 107 Å². The lowest BCUT2D eigenvalue weighted by molar-refractivity contribution is -0.144. The Hall–Kier alpha value is -1.26. The number of benzene rings is 1. The van der Waals surface area contributed by atoms with E-state index in [2.05, 4.69) is 0 Å². The Bertz CT molecular complexity index is 486. The molecule has 1 aliphatic rings. The van der Waals surface area contributed by atoms with Gasteiger partial charge >= 0.3 is 11.9 Å². The molecule has 0 aliphatic carbocycles. The molecule has 1 aliphatic heterocycles. The fraction of sp³-hybridized carbons (Fsp3) is 0.273. The summed E-state index contributed by atoms with van der Waals surface area (Å²) in [6.45, 7) is 0. The third kappa shape index (κ3) is 2.37. The topological polar surface area (TPSA) is 63.6 Å². The molecule has 1 fully saturated rings. The molecule has 0 aromatic heterocycles. The van der Waals surface area contributed by atoms with Gasteiger partial charge in [-0.25, -0.2) is 0 Å². The molecule has 90 valence electrons. The van der Waals surface area contributed by atoms with Crippen LogP contribution in [0.25, 0.3) is 0 Å². The van der Waals surface area contributed by atoms with Crippen molar-refractivity contribution in [2.45, 2.75) is 12.5 Å². The molecular formula is C11H8Cl2O4. The lowest BCUT2D eigenvalue weighted by Gasteiger charge is -2.15. The molecule has 2 rings (SSSR count). The van der Waals surface area contributed by atoms with E-state index in [-0.39, 0.29) is 6.42 Å². The number of rotatable bonds is 2. The number of halogens is 2. The molecule has 1 saturated heterocycles. The maximum absolute atomic E-state index is 11.2. The third-order valence-electron chi connectivity index (χ3n) is 2.60. The van der Waals surface area contributed by atoms with Gasteiger partial charge in [-0.2, -0.15) is 0 Å². The molecular weight excluding hydrogens is 267 g/mol. The second kappa shape index (κ2) is 4.55. The zero-order chi connectivity index (χ0) is 12.6. The lowest BCUT2D eigenvalue weighted by atomic mass is 9.95. The molecule has 2 unspecified atom stereocenters. The number of cyclic esters (lactones) is 1. The molecule has 0 radical (unpaired) electrons. The summed E-state index contributed by atoms with van der Waals surface area (Å²) < 4.78 is 4.99. The number of esters is 1. The maximum Gasteiger partial charge on any atom is 0.311 e. The van der Waals surface area contributed by atoms with Gasteiger partial charge in [-0.1, -0.05) is 29.3 Å². The van der Waals surface area contributed by atoms with Gasteiger partial charge in [0.1, 0.15) is 12.0 Å². The van der Waals surface area contributed by atoms with Crippen LogP contribution in [0, 0.1) is 5.92 Å². The summed E-state index contributed by atoms with van der Waals surface area (Å²) >= 11 is 11.7. The van der Waals surface area contributed by atoms with Gasteiger partial charge in [0.2, 0.25) is 0 Å². The van der Waals surface area contributed by atoms with Crippen molar-refractivity contribution in [1.29, 1.82) is 0 Å². The van der Waals surface area contributed by atoms with E-state index in [4.69, 9.17) is 33.0 Å². The number of carboxylic acids is 1. The second-order valence-corrected chi connectivity index (χ2v) is 4.57. The highest BCUT2D eigenvalue weighted by molar-refractivity contribution is 6.35. The van der Waals surface area contributed by atoms with E-state index in [1.807, 2.05) is 0 Å². The average molecular weight is 275 g/mol. The molecule has 17 heavy (non-hydrogen) atoms. The lowest BCUT2D eigenvalue weighted by Crippen LogP contribution is -2.17. The first-order valence-corrected chi connectivity index (χ1v) is 5.62. The molecule has 1 heterocycles. The van der Waals surface area contributed by atoms with Gasteiger partial charge in [0.15, 0.2) is 0 Å². The fourth-order valence-electron chi connectivity index (χ4n) is 1.79. The Morgan fingerprint density at radius 3 is 2.71 bits per heavy atom. The molecule has 0 amide bonds. The van der Waals surface area contributed by atoms with Gasteiger partial charge in [-0.15, -0.1) is 0 Å². The van der Waals surface area contributed by atoms with E-state index >= 15 is 0 Å². The number of ether oxygens (including phenoxy) is 1. The van der Waals surface area contributed by atoms with Crippen molar-refractivity contribution in [1.82, 2.24) is 0 Å². The van der Waals surface area contributed by atoms with Crippen LogP contribution in [0.1, 0.15) is 18.1 Å². The smallest absolute Gasteiger partial charge is 0.311 e. The molecule has 0 spiro atoms. The zero-order valence-electron chi connectivity index (χ0n) is 8.52. The highest BCUT2D eigenvalue weighted by Crippen LogP contribution is 2.39. The summed E-state index contributed by atoms with van der Waals surface area (Å²) in [6, 6.07) is 4.64. The van der Waals surface area contributed by atoms with Gasteiger partial charge in [0, 0.05) is 15.6 Å². The fourth-order valence-corrected chi connectivity index (χ4v) is 2.30. The summed E-state index contributed by atoms with van der Waals surface area (Å²) in [5.74, 6) is -2.51. The molecule has 1 aromatic rings. The third-order valence-corrected chi connectivity index (χ3v) is 3.16. The summed E-state index contributed by atoms with van der Waals surface area (Å²) in [7, 11) is 0. The van der Waals surface area contributed by atoms with Crippen LogP contribution in [0.3, 0.4) is 0 Å². The van der Waals surface area contributed by atoms with E-state index in [0.717, 1.165) is 0 Å². The highest BCUT2D eigenvalue weighted by atomic mass is 35.5. The van der Waals surface area contributed by atoms with Gasteiger partial charge in [0.25, 0.3) is 0 Å². The van der Waals surface area contributed by atoms with Gasteiger partial charge in [0.05, 0.1) is 6.42 Å². The second-order valence-electron chi connectivity index (χ2n) is 3.73. The van der Waals surface area contributed by atoms with Gasteiger partial charge < -0.3 is 9.84 Å². The minimum atomic E-state index is -1.08. The maximum atomic E-state index is 11.2. The van der Waals surface area contributed by atoms with E-state index < -0.39 is 24.0 Å². The Kier molecular flexibility index (Phi) is 3.26. The summed E-state index contributed by atoms with van der Waals surface area (Å²) in [5, 5.41) is 9.74. The van der Waals surface area contributed by atoms with Gasteiger partial charge in [-0.05, 0) is 12.1 Å². The van der Waals surface area contributed by atoms with Crippen molar-refractivity contribution >= 4 is 35.1 Å². The molecule has 0 saturated carbocycles. The number of hydrogen-bond donors (Lipinski definition) is 1. The van der Waals surface area contributed by atoms with Crippen LogP contribution in [-0.4, -0.2) is 17.0 Å². The zero-order valence-corrected chi connectivity index (χ0v) is 10.0. The van der Waals surface area contributed by atoms with E-state index in [9.17, 15) is 9.59 Å². The van der Waals surface area contributed by atoms with Gasteiger partial charge in [-0.3, -0.25) is 9.59 Å². The standard InChI is InChI=1S/C11H8Cl2O4/c12-5-1-2-6(8(13)3-5)10-7(11(15)16)4-9(14)17-10/h1-3,7,10H,4H2,(H,15,16). The minimum absolute atomic E-state index is 0.140. The van der Waals surface area contributed by atoms with Crippen molar-refractivity contribution in [3.8, 4) is 0 Å². The van der Waals surface area contributed by atoms with Crippen LogP contribution in [0.2, 0.25) is 10.0 Å². The molecule has 4 nitrogen and oxygen atoms in total. The number of carbonyl (C=O) groups is 2. The molecule has 0 bridgehead atoms. The van der Waals surface area contributed by atoms with Crippen molar-refractivity contribution in [2.24, 2.45) is 5.92 Å². The molecule has 2 atom stereocenters. The quantitative estimate of drug-likeness (QED) is 0.843. The summed E-state index contributed by atoms with van der Waals surface area (Å²) in [6.07, 6.45) is -0.983. The average Bonchev–Trinajstić information content (AvgIpc) is 2.60. The Morgan fingerprint density at radius 2 is 2.12 bits per heavy atom. The van der Waals surface area contributed by atoms with Crippen LogP contribution >= 0.6 is 23.2 Å². The predicted octanol–water partition coefficient (Wildman–Crippen LogP) is 2.68.